The first-order valence-corrected chi connectivity index (χ1v) is 7.12. The Balaban J connectivity index is 1.84. The molecule has 0 saturated carbocycles. The Kier molecular flexibility index (Phi) is 5.15. The standard InChI is InChI=1S/C12H11Cl2N3OS/c13-9-2-1-3-10(14)12(9)17-11(18)6-15-4-8-5-16-7-19-8/h1-3,5,7,15H,4,6H2,(H,17,18). The van der Waals surface area contributed by atoms with Gasteiger partial charge in [-0.1, -0.05) is 29.3 Å². The molecule has 7 heteroatoms. The van der Waals surface area contributed by atoms with Crippen molar-refractivity contribution < 1.29 is 4.79 Å². The van der Waals surface area contributed by atoms with Crippen LogP contribution in [0.4, 0.5) is 5.69 Å². The minimum Gasteiger partial charge on any atom is -0.322 e. The van der Waals surface area contributed by atoms with Crippen LogP contribution in [0.25, 0.3) is 0 Å². The van der Waals surface area contributed by atoms with Crippen molar-refractivity contribution in [3.05, 3.63) is 44.8 Å². The topological polar surface area (TPSA) is 54.0 Å². The molecule has 1 heterocycles. The zero-order valence-corrected chi connectivity index (χ0v) is 12.1. The van der Waals surface area contributed by atoms with Gasteiger partial charge in [0.2, 0.25) is 5.91 Å². The second-order valence-electron chi connectivity index (χ2n) is 3.72. The smallest absolute Gasteiger partial charge is 0.238 e. The maximum Gasteiger partial charge on any atom is 0.238 e. The minimum absolute atomic E-state index is 0.180. The first-order valence-electron chi connectivity index (χ1n) is 5.49. The van der Waals surface area contributed by atoms with Gasteiger partial charge in [0.05, 0.1) is 27.8 Å². The van der Waals surface area contributed by atoms with E-state index >= 15 is 0 Å². The van der Waals surface area contributed by atoms with Crippen molar-refractivity contribution in [2.75, 3.05) is 11.9 Å². The molecule has 2 N–H and O–H groups in total. The molecular formula is C12H11Cl2N3OS. The quantitative estimate of drug-likeness (QED) is 0.891. The van der Waals surface area contributed by atoms with E-state index < -0.39 is 0 Å². The number of para-hydroxylation sites is 1. The number of hydrogen-bond acceptors (Lipinski definition) is 4. The molecule has 0 aliphatic rings. The fourth-order valence-electron chi connectivity index (χ4n) is 1.43. The lowest BCUT2D eigenvalue weighted by atomic mass is 10.3. The zero-order valence-electron chi connectivity index (χ0n) is 9.82. The summed E-state index contributed by atoms with van der Waals surface area (Å²) in [7, 11) is 0. The van der Waals surface area contributed by atoms with Crippen LogP contribution in [-0.2, 0) is 11.3 Å². The van der Waals surface area contributed by atoms with Gasteiger partial charge >= 0.3 is 0 Å². The van der Waals surface area contributed by atoms with Crippen LogP contribution in [0.1, 0.15) is 4.88 Å². The van der Waals surface area contributed by atoms with Gasteiger partial charge in [-0.3, -0.25) is 9.78 Å². The van der Waals surface area contributed by atoms with Crippen molar-refractivity contribution in [3.8, 4) is 0 Å². The van der Waals surface area contributed by atoms with Crippen molar-refractivity contribution in [1.29, 1.82) is 0 Å². The number of halogens is 2. The maximum absolute atomic E-state index is 11.7. The molecule has 1 aromatic heterocycles. The van der Waals surface area contributed by atoms with Gasteiger partial charge < -0.3 is 10.6 Å². The molecule has 2 aromatic rings. The highest BCUT2D eigenvalue weighted by atomic mass is 35.5. The molecule has 0 bridgehead atoms. The summed E-state index contributed by atoms with van der Waals surface area (Å²) >= 11 is 13.5. The van der Waals surface area contributed by atoms with Crippen LogP contribution in [0.5, 0.6) is 0 Å². The highest BCUT2D eigenvalue weighted by molar-refractivity contribution is 7.09. The van der Waals surface area contributed by atoms with E-state index in [4.69, 9.17) is 23.2 Å². The molecule has 0 atom stereocenters. The lowest BCUT2D eigenvalue weighted by Gasteiger charge is -2.09. The van der Waals surface area contributed by atoms with Crippen LogP contribution in [0.3, 0.4) is 0 Å². The van der Waals surface area contributed by atoms with E-state index in [1.807, 2.05) is 0 Å². The first kappa shape index (κ1) is 14.3. The Labute approximate surface area is 124 Å². The normalized spacial score (nSPS) is 10.4. The number of carbonyl (C=O) groups excluding carboxylic acids is 1. The summed E-state index contributed by atoms with van der Waals surface area (Å²) in [6, 6.07) is 5.07. The Morgan fingerprint density at radius 2 is 2.05 bits per heavy atom. The minimum atomic E-state index is -0.195. The summed E-state index contributed by atoms with van der Waals surface area (Å²) in [4.78, 5) is 16.8. The van der Waals surface area contributed by atoms with E-state index in [9.17, 15) is 4.79 Å². The van der Waals surface area contributed by atoms with Gasteiger partial charge in [-0.05, 0) is 12.1 Å². The molecule has 100 valence electrons. The summed E-state index contributed by atoms with van der Waals surface area (Å²) in [5.74, 6) is -0.195. The average Bonchev–Trinajstić information content (AvgIpc) is 2.87. The molecule has 0 radical (unpaired) electrons. The van der Waals surface area contributed by atoms with Gasteiger partial charge in [0.15, 0.2) is 0 Å². The van der Waals surface area contributed by atoms with Gasteiger partial charge in [-0.15, -0.1) is 11.3 Å². The summed E-state index contributed by atoms with van der Waals surface area (Å²) < 4.78 is 0. The number of anilines is 1. The highest BCUT2D eigenvalue weighted by Crippen LogP contribution is 2.29. The van der Waals surface area contributed by atoms with Crippen LogP contribution >= 0.6 is 34.5 Å². The lowest BCUT2D eigenvalue weighted by molar-refractivity contribution is -0.115. The predicted octanol–water partition coefficient (Wildman–Crippen LogP) is 3.18. The van der Waals surface area contributed by atoms with Gasteiger partial charge in [-0.2, -0.15) is 0 Å². The number of nitrogens with one attached hydrogen (secondary N) is 2. The van der Waals surface area contributed by atoms with Gasteiger partial charge in [-0.25, -0.2) is 0 Å². The molecule has 0 aliphatic heterocycles. The lowest BCUT2D eigenvalue weighted by Crippen LogP contribution is -2.27. The van der Waals surface area contributed by atoms with E-state index in [0.29, 0.717) is 22.3 Å². The van der Waals surface area contributed by atoms with Crippen LogP contribution < -0.4 is 10.6 Å². The number of amides is 1. The largest absolute Gasteiger partial charge is 0.322 e. The molecule has 1 amide bonds. The molecule has 0 aliphatic carbocycles. The molecule has 0 unspecified atom stereocenters. The van der Waals surface area contributed by atoms with E-state index in [1.165, 1.54) is 11.3 Å². The van der Waals surface area contributed by atoms with Crippen LogP contribution in [0, 0.1) is 0 Å². The molecule has 19 heavy (non-hydrogen) atoms. The Morgan fingerprint density at radius 1 is 1.32 bits per heavy atom. The molecule has 0 spiro atoms. The third kappa shape index (κ3) is 4.18. The average molecular weight is 316 g/mol. The van der Waals surface area contributed by atoms with E-state index in [-0.39, 0.29) is 12.5 Å². The van der Waals surface area contributed by atoms with Gasteiger partial charge in [0, 0.05) is 17.6 Å². The summed E-state index contributed by atoms with van der Waals surface area (Å²) in [5.41, 5.74) is 2.19. The third-order valence-corrected chi connectivity index (χ3v) is 3.70. The second kappa shape index (κ2) is 6.86. The first-order chi connectivity index (χ1) is 9.16. The van der Waals surface area contributed by atoms with E-state index in [0.717, 1.165) is 4.88 Å². The molecule has 1 aromatic carbocycles. The van der Waals surface area contributed by atoms with Gasteiger partial charge in [0.25, 0.3) is 0 Å². The maximum atomic E-state index is 11.7. The fraction of sp³-hybridized carbons (Fsp3) is 0.167. The molecule has 0 fully saturated rings. The predicted molar refractivity (Wildman–Crippen MR) is 78.9 cm³/mol. The van der Waals surface area contributed by atoms with Crippen molar-refractivity contribution in [3.63, 3.8) is 0 Å². The van der Waals surface area contributed by atoms with Crippen LogP contribution in [0.2, 0.25) is 10.0 Å². The molecule has 2 rings (SSSR count). The number of thiazole rings is 1. The highest BCUT2D eigenvalue weighted by Gasteiger charge is 2.09. The number of rotatable bonds is 5. The van der Waals surface area contributed by atoms with E-state index in [2.05, 4.69) is 15.6 Å². The van der Waals surface area contributed by atoms with Gasteiger partial charge in [0.1, 0.15) is 0 Å². The number of benzene rings is 1. The van der Waals surface area contributed by atoms with Crippen molar-refractivity contribution in [1.82, 2.24) is 10.3 Å². The van der Waals surface area contributed by atoms with Crippen LogP contribution in [0.15, 0.2) is 29.9 Å². The fourth-order valence-corrected chi connectivity index (χ4v) is 2.49. The summed E-state index contributed by atoms with van der Waals surface area (Å²) in [6.45, 7) is 0.786. The second-order valence-corrected chi connectivity index (χ2v) is 5.50. The number of hydrogen-bond donors (Lipinski definition) is 2. The van der Waals surface area contributed by atoms with E-state index in [1.54, 1.807) is 29.9 Å². The summed E-state index contributed by atoms with van der Waals surface area (Å²) in [5, 5.41) is 6.54. The van der Waals surface area contributed by atoms with Crippen molar-refractivity contribution in [2.24, 2.45) is 0 Å². The molecule has 0 saturated heterocycles. The number of nitrogens with zero attached hydrogens (tertiary/aromatic N) is 1. The SMILES string of the molecule is O=C(CNCc1cncs1)Nc1c(Cl)cccc1Cl. The van der Waals surface area contributed by atoms with Crippen molar-refractivity contribution >= 4 is 46.1 Å². The van der Waals surface area contributed by atoms with Crippen LogP contribution in [-0.4, -0.2) is 17.4 Å². The zero-order chi connectivity index (χ0) is 13.7. The molecular weight excluding hydrogens is 305 g/mol. The number of carbonyl (C=O) groups is 1. The molecule has 4 nitrogen and oxygen atoms in total. The Morgan fingerprint density at radius 3 is 2.68 bits per heavy atom. The number of aromatic nitrogens is 1. The monoisotopic (exact) mass is 315 g/mol. The third-order valence-electron chi connectivity index (χ3n) is 2.30. The Bertz CT molecular complexity index is 540. The van der Waals surface area contributed by atoms with Crippen molar-refractivity contribution in [2.45, 2.75) is 6.54 Å². The Hall–Kier alpha value is -1.14. The summed E-state index contributed by atoms with van der Waals surface area (Å²) in [6.07, 6.45) is 1.76.